The molecule has 3 aromatic carbocycles. The van der Waals surface area contributed by atoms with Crippen molar-refractivity contribution in [3.8, 4) is 11.5 Å². The van der Waals surface area contributed by atoms with E-state index in [1.54, 1.807) is 12.1 Å². The number of carbonyl (C=O) groups is 2. The second-order valence-corrected chi connectivity index (χ2v) is 10.9. The van der Waals surface area contributed by atoms with Crippen molar-refractivity contribution in [1.29, 1.82) is 0 Å². The van der Waals surface area contributed by atoms with E-state index < -0.39 is 29.7 Å². The lowest BCUT2D eigenvalue weighted by Gasteiger charge is -2.25. The van der Waals surface area contributed by atoms with E-state index in [2.05, 4.69) is 33.2 Å². The molecule has 0 radical (unpaired) electrons. The van der Waals surface area contributed by atoms with Gasteiger partial charge in [-0.3, -0.25) is 9.59 Å². The SMILES string of the molecule is COc1ccc(C(=O)CCC(=O)N[C@@H](Cc2cc(F)cc(F)c2)[C@H](O)CNCc2cccc(I)c2)c2c1OCC2. The maximum Gasteiger partial charge on any atom is 0.220 e. The monoisotopic (exact) mass is 664 g/mol. The average Bonchev–Trinajstić information content (AvgIpc) is 3.40. The Hall–Kier alpha value is -3.09. The zero-order valence-corrected chi connectivity index (χ0v) is 24.2. The van der Waals surface area contributed by atoms with Gasteiger partial charge < -0.3 is 25.2 Å². The zero-order valence-electron chi connectivity index (χ0n) is 22.0. The molecule has 0 bridgehead atoms. The van der Waals surface area contributed by atoms with Crippen molar-refractivity contribution in [3.63, 3.8) is 0 Å². The smallest absolute Gasteiger partial charge is 0.220 e. The van der Waals surface area contributed by atoms with Crippen LogP contribution in [-0.4, -0.2) is 49.2 Å². The Balaban J connectivity index is 1.39. The molecule has 10 heteroatoms. The fourth-order valence-corrected chi connectivity index (χ4v) is 5.36. The molecule has 212 valence electrons. The van der Waals surface area contributed by atoms with Crippen LogP contribution in [0.5, 0.6) is 11.5 Å². The Bertz CT molecular complexity index is 1350. The molecule has 3 aromatic rings. The molecular weight excluding hydrogens is 633 g/mol. The standard InChI is InChI=1S/C30H31F2IN2O5/c1-39-28-7-5-23(24-9-10-40-30(24)28)26(36)6-8-29(38)35-25(14-19-11-20(31)15-21(32)12-19)27(37)17-34-16-18-3-2-4-22(33)13-18/h2-5,7,11-13,15,25,27,34,37H,6,8-10,14,16-17H2,1H3,(H,35,38)/t25-,27+/m0/s1. The van der Waals surface area contributed by atoms with Gasteiger partial charge in [-0.05, 0) is 76.5 Å². The number of rotatable bonds is 13. The van der Waals surface area contributed by atoms with Gasteiger partial charge in [-0.15, -0.1) is 0 Å². The fraction of sp³-hybridized carbons (Fsp3) is 0.333. The highest BCUT2D eigenvalue weighted by Gasteiger charge is 2.26. The van der Waals surface area contributed by atoms with Crippen molar-refractivity contribution in [3.05, 3.63) is 92.1 Å². The van der Waals surface area contributed by atoms with Gasteiger partial charge >= 0.3 is 0 Å². The number of aliphatic hydroxyl groups is 1. The number of methoxy groups -OCH3 is 1. The van der Waals surface area contributed by atoms with Crippen LogP contribution >= 0.6 is 22.6 Å². The first-order valence-electron chi connectivity index (χ1n) is 13.0. The van der Waals surface area contributed by atoms with E-state index in [0.717, 1.165) is 20.8 Å². The van der Waals surface area contributed by atoms with Crippen LogP contribution in [0.2, 0.25) is 0 Å². The molecule has 1 aliphatic heterocycles. The Morgan fingerprint density at radius 2 is 1.85 bits per heavy atom. The maximum atomic E-state index is 13.8. The molecular formula is C30H31F2IN2O5. The predicted octanol–water partition coefficient (Wildman–Crippen LogP) is 4.35. The van der Waals surface area contributed by atoms with E-state index in [0.29, 0.717) is 42.2 Å². The van der Waals surface area contributed by atoms with Gasteiger partial charge in [0.05, 0.1) is 25.9 Å². The fourth-order valence-electron chi connectivity index (χ4n) is 4.75. The summed E-state index contributed by atoms with van der Waals surface area (Å²) in [6.45, 7) is 1.08. The highest BCUT2D eigenvalue weighted by atomic mass is 127. The number of ketones is 1. The molecule has 0 unspecified atom stereocenters. The molecule has 3 N–H and O–H groups in total. The molecule has 2 atom stereocenters. The number of carbonyl (C=O) groups excluding carboxylic acids is 2. The number of Topliss-reactive ketones (excluding diaryl/α,β-unsaturated/α-hetero) is 1. The quantitative estimate of drug-likeness (QED) is 0.186. The van der Waals surface area contributed by atoms with Gasteiger partial charge in [0.25, 0.3) is 0 Å². The first kappa shape index (κ1) is 29.9. The average molecular weight is 664 g/mol. The van der Waals surface area contributed by atoms with Crippen molar-refractivity contribution in [2.75, 3.05) is 20.3 Å². The van der Waals surface area contributed by atoms with Crippen LogP contribution in [0.4, 0.5) is 8.78 Å². The van der Waals surface area contributed by atoms with Gasteiger partial charge in [0.15, 0.2) is 17.3 Å². The van der Waals surface area contributed by atoms with E-state index in [4.69, 9.17) is 9.47 Å². The number of nitrogens with one attached hydrogen (secondary N) is 2. The van der Waals surface area contributed by atoms with Gasteiger partial charge in [-0.2, -0.15) is 0 Å². The van der Waals surface area contributed by atoms with Crippen molar-refractivity contribution < 1.29 is 33.0 Å². The third-order valence-corrected chi connectivity index (χ3v) is 7.35. The molecule has 40 heavy (non-hydrogen) atoms. The molecule has 1 aliphatic rings. The summed E-state index contributed by atoms with van der Waals surface area (Å²) >= 11 is 2.22. The van der Waals surface area contributed by atoms with Crippen molar-refractivity contribution in [1.82, 2.24) is 10.6 Å². The molecule has 0 fully saturated rings. The van der Waals surface area contributed by atoms with Crippen LogP contribution < -0.4 is 20.1 Å². The van der Waals surface area contributed by atoms with E-state index in [-0.39, 0.29) is 31.6 Å². The lowest BCUT2D eigenvalue weighted by Crippen LogP contribution is -2.48. The molecule has 7 nitrogen and oxygen atoms in total. The highest BCUT2D eigenvalue weighted by molar-refractivity contribution is 14.1. The largest absolute Gasteiger partial charge is 0.493 e. The second kappa shape index (κ2) is 14.0. The number of hydrogen-bond donors (Lipinski definition) is 3. The molecule has 0 aliphatic carbocycles. The normalized spacial score (nSPS) is 13.7. The number of benzene rings is 3. The molecule has 0 spiro atoms. The lowest BCUT2D eigenvalue weighted by atomic mass is 9.97. The Kier molecular flexibility index (Phi) is 10.5. The predicted molar refractivity (Wildman–Crippen MR) is 155 cm³/mol. The number of aliphatic hydroxyl groups excluding tert-OH is 1. The minimum atomic E-state index is -1.06. The first-order chi connectivity index (χ1) is 19.2. The minimum absolute atomic E-state index is 0.00375. The van der Waals surface area contributed by atoms with E-state index >= 15 is 0 Å². The van der Waals surface area contributed by atoms with Gasteiger partial charge in [-0.25, -0.2) is 8.78 Å². The Morgan fingerprint density at radius 1 is 1.07 bits per heavy atom. The first-order valence-corrected chi connectivity index (χ1v) is 14.0. The number of amides is 1. The zero-order chi connectivity index (χ0) is 28.6. The van der Waals surface area contributed by atoms with Crippen LogP contribution in [0.1, 0.15) is 39.9 Å². The summed E-state index contributed by atoms with van der Waals surface area (Å²) in [6.07, 6.45) is -0.642. The summed E-state index contributed by atoms with van der Waals surface area (Å²) in [6, 6.07) is 13.5. The summed E-state index contributed by atoms with van der Waals surface area (Å²) in [5.74, 6) is -1.03. The Morgan fingerprint density at radius 3 is 2.58 bits per heavy atom. The summed E-state index contributed by atoms with van der Waals surface area (Å²) in [4.78, 5) is 25.9. The van der Waals surface area contributed by atoms with Crippen LogP contribution in [0.25, 0.3) is 0 Å². The van der Waals surface area contributed by atoms with Crippen LogP contribution in [-0.2, 0) is 24.2 Å². The number of halogens is 3. The van der Waals surface area contributed by atoms with Gasteiger partial charge in [-0.1, -0.05) is 12.1 Å². The van der Waals surface area contributed by atoms with Crippen molar-refractivity contribution >= 4 is 34.3 Å². The molecule has 1 amide bonds. The third kappa shape index (κ3) is 7.98. The molecule has 4 rings (SSSR count). The molecule has 0 saturated heterocycles. The van der Waals surface area contributed by atoms with E-state index in [1.807, 2.05) is 24.3 Å². The lowest BCUT2D eigenvalue weighted by molar-refractivity contribution is -0.122. The van der Waals surface area contributed by atoms with Gasteiger partial charge in [0.2, 0.25) is 5.91 Å². The third-order valence-electron chi connectivity index (χ3n) is 6.68. The minimum Gasteiger partial charge on any atom is -0.493 e. The van der Waals surface area contributed by atoms with Crippen molar-refractivity contribution in [2.45, 2.75) is 44.4 Å². The molecule has 0 aromatic heterocycles. The summed E-state index contributed by atoms with van der Waals surface area (Å²) in [7, 11) is 1.53. The summed E-state index contributed by atoms with van der Waals surface area (Å²) in [5.41, 5.74) is 2.59. The topological polar surface area (TPSA) is 96.9 Å². The van der Waals surface area contributed by atoms with Gasteiger partial charge in [0, 0.05) is 53.1 Å². The Labute approximate surface area is 245 Å². The molecule has 0 saturated carbocycles. The number of hydrogen-bond acceptors (Lipinski definition) is 6. The molecule has 1 heterocycles. The van der Waals surface area contributed by atoms with Crippen LogP contribution in [0.3, 0.4) is 0 Å². The van der Waals surface area contributed by atoms with E-state index in [1.165, 1.54) is 19.2 Å². The number of fused-ring (bicyclic) bond motifs is 1. The van der Waals surface area contributed by atoms with Crippen molar-refractivity contribution in [2.24, 2.45) is 0 Å². The summed E-state index contributed by atoms with van der Waals surface area (Å²) < 4.78 is 39.6. The number of ether oxygens (including phenoxy) is 2. The maximum absolute atomic E-state index is 13.8. The van der Waals surface area contributed by atoms with Crippen LogP contribution in [0, 0.1) is 15.2 Å². The van der Waals surface area contributed by atoms with E-state index in [9.17, 15) is 23.5 Å². The highest BCUT2D eigenvalue weighted by Crippen LogP contribution is 2.38. The summed E-state index contributed by atoms with van der Waals surface area (Å²) in [5, 5.41) is 16.9. The second-order valence-electron chi connectivity index (χ2n) is 9.63. The van der Waals surface area contributed by atoms with Crippen LogP contribution in [0.15, 0.2) is 54.6 Å². The van der Waals surface area contributed by atoms with Gasteiger partial charge in [0.1, 0.15) is 11.6 Å².